The number of ether oxygens (including phenoxy) is 2. The van der Waals surface area contributed by atoms with Gasteiger partial charge >= 0.3 is 6.03 Å². The number of amides is 3. The lowest BCUT2D eigenvalue weighted by Crippen LogP contribution is -2.51. The highest BCUT2D eigenvalue weighted by atomic mass is 32.1. The van der Waals surface area contributed by atoms with Crippen LogP contribution in [0.2, 0.25) is 0 Å². The first-order valence-corrected chi connectivity index (χ1v) is 10.8. The number of carbonyl (C=O) groups excluding carboxylic acids is 2. The Balaban J connectivity index is 1.69. The highest BCUT2D eigenvalue weighted by Crippen LogP contribution is 2.33. The topological polar surface area (TPSA) is 92.8 Å². The fourth-order valence-electron chi connectivity index (χ4n) is 3.48. The van der Waals surface area contributed by atoms with Gasteiger partial charge in [0, 0.05) is 24.7 Å². The van der Waals surface area contributed by atoms with Crippen molar-refractivity contribution in [1.82, 2.24) is 15.2 Å². The summed E-state index contributed by atoms with van der Waals surface area (Å²) in [5, 5.41) is 8.01. The Labute approximate surface area is 180 Å². The van der Waals surface area contributed by atoms with Crippen LogP contribution in [0.3, 0.4) is 0 Å². The SMILES string of the molecule is COc1cc2c(cc1OC)CN(C(=O)N[C@@H](CC(C)C)C(=O)Nc1nccs1)CC2. The van der Waals surface area contributed by atoms with Gasteiger partial charge < -0.3 is 25.0 Å². The molecule has 2 N–H and O–H groups in total. The minimum Gasteiger partial charge on any atom is -0.493 e. The summed E-state index contributed by atoms with van der Waals surface area (Å²) in [4.78, 5) is 31.5. The summed E-state index contributed by atoms with van der Waals surface area (Å²) in [6.45, 7) is 5.06. The molecular formula is C21H28N4O4S. The van der Waals surface area contributed by atoms with Crippen molar-refractivity contribution in [3.05, 3.63) is 34.8 Å². The largest absolute Gasteiger partial charge is 0.493 e. The first-order valence-electron chi connectivity index (χ1n) is 9.90. The van der Waals surface area contributed by atoms with Crippen LogP contribution in [0.5, 0.6) is 11.5 Å². The number of hydrogen-bond donors (Lipinski definition) is 2. The van der Waals surface area contributed by atoms with Crippen LogP contribution in [0.4, 0.5) is 9.93 Å². The molecule has 0 saturated heterocycles. The van der Waals surface area contributed by atoms with Crippen molar-refractivity contribution in [2.75, 3.05) is 26.1 Å². The molecule has 0 fully saturated rings. The van der Waals surface area contributed by atoms with E-state index in [0.29, 0.717) is 42.6 Å². The predicted molar refractivity (Wildman–Crippen MR) is 116 cm³/mol. The molecule has 0 spiro atoms. The zero-order chi connectivity index (χ0) is 21.7. The van der Waals surface area contributed by atoms with Crippen molar-refractivity contribution in [3.8, 4) is 11.5 Å². The van der Waals surface area contributed by atoms with E-state index in [9.17, 15) is 9.59 Å². The number of urea groups is 1. The Bertz CT molecular complexity index is 885. The summed E-state index contributed by atoms with van der Waals surface area (Å²) in [5.74, 6) is 1.32. The van der Waals surface area contributed by atoms with Gasteiger partial charge in [-0.3, -0.25) is 4.79 Å². The molecule has 1 aliphatic rings. The molecule has 3 amide bonds. The third-order valence-corrected chi connectivity index (χ3v) is 5.68. The van der Waals surface area contributed by atoms with E-state index in [4.69, 9.17) is 9.47 Å². The van der Waals surface area contributed by atoms with Gasteiger partial charge in [0.2, 0.25) is 5.91 Å². The standard InChI is InChI=1S/C21H28N4O4S/c1-13(2)9-16(19(26)24-20-22-6-8-30-20)23-21(27)25-7-5-14-10-17(28-3)18(29-4)11-15(14)12-25/h6,8,10-11,13,16H,5,7,9,12H2,1-4H3,(H,23,27)(H,22,24,26)/t16-/m0/s1. The minimum absolute atomic E-state index is 0.246. The Hall–Kier alpha value is -2.81. The lowest BCUT2D eigenvalue weighted by Gasteiger charge is -2.31. The maximum absolute atomic E-state index is 13.0. The zero-order valence-electron chi connectivity index (χ0n) is 17.7. The summed E-state index contributed by atoms with van der Waals surface area (Å²) < 4.78 is 10.8. The van der Waals surface area contributed by atoms with E-state index >= 15 is 0 Å². The average molecular weight is 433 g/mol. The summed E-state index contributed by atoms with van der Waals surface area (Å²) in [6, 6.07) is 2.99. The zero-order valence-corrected chi connectivity index (χ0v) is 18.5. The van der Waals surface area contributed by atoms with Crippen molar-refractivity contribution in [2.45, 2.75) is 39.3 Å². The lowest BCUT2D eigenvalue weighted by atomic mass is 9.99. The third kappa shape index (κ3) is 5.21. The van der Waals surface area contributed by atoms with Crippen LogP contribution in [-0.2, 0) is 17.8 Å². The van der Waals surface area contributed by atoms with Crippen molar-refractivity contribution < 1.29 is 19.1 Å². The molecule has 0 radical (unpaired) electrons. The number of nitrogens with one attached hydrogen (secondary N) is 2. The first kappa shape index (κ1) is 21.9. The van der Waals surface area contributed by atoms with Crippen molar-refractivity contribution in [3.63, 3.8) is 0 Å². The van der Waals surface area contributed by atoms with E-state index in [1.54, 1.807) is 30.7 Å². The van der Waals surface area contributed by atoms with E-state index in [2.05, 4.69) is 15.6 Å². The van der Waals surface area contributed by atoms with Crippen LogP contribution in [0, 0.1) is 5.92 Å². The molecule has 0 aliphatic carbocycles. The van der Waals surface area contributed by atoms with Gasteiger partial charge in [-0.05, 0) is 42.0 Å². The molecular weight excluding hydrogens is 404 g/mol. The number of benzene rings is 1. The minimum atomic E-state index is -0.631. The number of hydrogen-bond acceptors (Lipinski definition) is 6. The number of fused-ring (bicyclic) bond motifs is 1. The number of carbonyl (C=O) groups is 2. The van der Waals surface area contributed by atoms with E-state index < -0.39 is 6.04 Å². The average Bonchev–Trinajstić information content (AvgIpc) is 3.24. The van der Waals surface area contributed by atoms with Gasteiger partial charge in [-0.1, -0.05) is 13.8 Å². The Morgan fingerprint density at radius 2 is 1.90 bits per heavy atom. The second kappa shape index (κ2) is 9.80. The molecule has 162 valence electrons. The Morgan fingerprint density at radius 1 is 1.20 bits per heavy atom. The van der Waals surface area contributed by atoms with Gasteiger partial charge in [0.05, 0.1) is 14.2 Å². The highest BCUT2D eigenvalue weighted by molar-refractivity contribution is 7.13. The smallest absolute Gasteiger partial charge is 0.318 e. The monoisotopic (exact) mass is 432 g/mol. The van der Waals surface area contributed by atoms with E-state index in [0.717, 1.165) is 11.1 Å². The van der Waals surface area contributed by atoms with Gasteiger partial charge in [-0.2, -0.15) is 0 Å². The van der Waals surface area contributed by atoms with Gasteiger partial charge in [0.1, 0.15) is 6.04 Å². The van der Waals surface area contributed by atoms with Crippen LogP contribution in [0.15, 0.2) is 23.7 Å². The fraction of sp³-hybridized carbons (Fsp3) is 0.476. The Morgan fingerprint density at radius 3 is 2.50 bits per heavy atom. The number of rotatable bonds is 7. The van der Waals surface area contributed by atoms with E-state index in [1.165, 1.54) is 11.3 Å². The second-order valence-corrected chi connectivity index (χ2v) is 8.50. The molecule has 2 aromatic rings. The third-order valence-electron chi connectivity index (χ3n) is 4.99. The van der Waals surface area contributed by atoms with Crippen molar-refractivity contribution in [2.24, 2.45) is 5.92 Å². The quantitative estimate of drug-likeness (QED) is 0.700. The number of aromatic nitrogens is 1. The second-order valence-electron chi connectivity index (χ2n) is 7.61. The van der Waals surface area contributed by atoms with Gasteiger partial charge in [-0.15, -0.1) is 11.3 Å². The highest BCUT2D eigenvalue weighted by Gasteiger charge is 2.28. The van der Waals surface area contributed by atoms with Crippen LogP contribution < -0.4 is 20.1 Å². The normalized spacial score (nSPS) is 14.1. The fourth-order valence-corrected chi connectivity index (χ4v) is 4.01. The van der Waals surface area contributed by atoms with Crippen LogP contribution in [0.25, 0.3) is 0 Å². The molecule has 2 heterocycles. The van der Waals surface area contributed by atoms with Crippen LogP contribution in [0.1, 0.15) is 31.4 Å². The maximum Gasteiger partial charge on any atom is 0.318 e. The molecule has 3 rings (SSSR count). The summed E-state index contributed by atoms with van der Waals surface area (Å²) in [5.41, 5.74) is 2.15. The molecule has 8 nitrogen and oxygen atoms in total. The lowest BCUT2D eigenvalue weighted by molar-refractivity contribution is -0.118. The van der Waals surface area contributed by atoms with Crippen LogP contribution >= 0.6 is 11.3 Å². The van der Waals surface area contributed by atoms with Crippen molar-refractivity contribution in [1.29, 1.82) is 0 Å². The predicted octanol–water partition coefficient (Wildman–Crippen LogP) is 3.28. The molecule has 1 aromatic carbocycles. The molecule has 0 saturated carbocycles. The van der Waals surface area contributed by atoms with Crippen molar-refractivity contribution >= 4 is 28.4 Å². The van der Waals surface area contributed by atoms with Gasteiger partial charge in [-0.25, -0.2) is 9.78 Å². The maximum atomic E-state index is 13.0. The number of anilines is 1. The van der Waals surface area contributed by atoms with E-state index in [-0.39, 0.29) is 17.9 Å². The number of methoxy groups -OCH3 is 2. The Kier molecular flexibility index (Phi) is 7.15. The van der Waals surface area contributed by atoms with E-state index in [1.807, 2.05) is 26.0 Å². The molecule has 0 unspecified atom stereocenters. The molecule has 9 heteroatoms. The molecule has 30 heavy (non-hydrogen) atoms. The molecule has 1 aromatic heterocycles. The summed E-state index contributed by atoms with van der Waals surface area (Å²) in [7, 11) is 3.20. The summed E-state index contributed by atoms with van der Waals surface area (Å²) in [6.07, 6.45) is 2.88. The number of thiazole rings is 1. The molecule has 0 bridgehead atoms. The summed E-state index contributed by atoms with van der Waals surface area (Å²) >= 11 is 1.34. The number of nitrogens with zero attached hydrogens (tertiary/aromatic N) is 2. The first-order chi connectivity index (χ1) is 14.4. The molecule has 1 aliphatic heterocycles. The van der Waals surface area contributed by atoms with Crippen LogP contribution in [-0.4, -0.2) is 48.6 Å². The molecule has 1 atom stereocenters. The van der Waals surface area contributed by atoms with Gasteiger partial charge in [0.15, 0.2) is 16.6 Å². The van der Waals surface area contributed by atoms with Gasteiger partial charge in [0.25, 0.3) is 0 Å².